The lowest BCUT2D eigenvalue weighted by Crippen LogP contribution is -2.04. The minimum absolute atomic E-state index is 0. The Morgan fingerprint density at radius 3 is 2.29 bits per heavy atom. The van der Waals surface area contributed by atoms with Crippen LogP contribution in [0.1, 0.15) is 12.0 Å². The molecule has 0 aliphatic rings. The summed E-state index contributed by atoms with van der Waals surface area (Å²) >= 11 is 0. The average Bonchev–Trinajstić information content (AvgIpc) is 3.12. The first-order chi connectivity index (χ1) is 11.4. The maximum absolute atomic E-state index is 5.89. The smallest absolute Gasteiger partial charge is 0.161 e. The van der Waals surface area contributed by atoms with Crippen LogP contribution in [0.2, 0.25) is 0 Å². The van der Waals surface area contributed by atoms with Gasteiger partial charge in [-0.3, -0.25) is 0 Å². The number of rotatable bonds is 8. The fraction of sp³-hybridized carbons (Fsp3) is 0.211. The van der Waals surface area contributed by atoms with Crippen molar-refractivity contribution in [2.45, 2.75) is 19.6 Å². The zero-order valence-electron chi connectivity index (χ0n) is 13.4. The van der Waals surface area contributed by atoms with Crippen LogP contribution in [0.25, 0.3) is 0 Å². The van der Waals surface area contributed by atoms with Crippen LogP contribution in [-0.2, 0) is 13.2 Å². The van der Waals surface area contributed by atoms with Gasteiger partial charge in [0.25, 0.3) is 0 Å². The Morgan fingerprint density at radius 2 is 1.58 bits per heavy atom. The van der Waals surface area contributed by atoms with Crippen molar-refractivity contribution in [2.24, 2.45) is 0 Å². The van der Waals surface area contributed by atoms with Crippen molar-refractivity contribution in [1.82, 2.24) is 9.55 Å². The topological polar surface area (TPSA) is 36.3 Å². The second kappa shape index (κ2) is 9.63. The van der Waals surface area contributed by atoms with Crippen LogP contribution >= 0.6 is 12.4 Å². The molecular formula is C19H21ClN2O2. The van der Waals surface area contributed by atoms with Crippen molar-refractivity contribution in [3.8, 4) is 11.5 Å². The second-order valence-electron chi connectivity index (χ2n) is 5.22. The number of hydrogen-bond donors (Lipinski definition) is 0. The van der Waals surface area contributed by atoms with Gasteiger partial charge >= 0.3 is 0 Å². The van der Waals surface area contributed by atoms with Gasteiger partial charge in [0.15, 0.2) is 11.5 Å². The summed E-state index contributed by atoms with van der Waals surface area (Å²) in [6, 6.07) is 17.9. The Morgan fingerprint density at radius 1 is 0.875 bits per heavy atom. The van der Waals surface area contributed by atoms with Gasteiger partial charge in [-0.2, -0.15) is 0 Å². The third-order valence-electron chi connectivity index (χ3n) is 3.46. The zero-order chi connectivity index (χ0) is 15.7. The standard InChI is InChI=1S/C19H20N2O2.ClH/c1-2-7-17(8-3-1)15-23-19-10-5-4-9-18(19)22-14-6-12-21-13-11-20-16-21;/h1-5,7-11,13,16H,6,12,14-15H2;1H. The Balaban J connectivity index is 0.00000208. The second-order valence-corrected chi connectivity index (χ2v) is 5.22. The molecule has 24 heavy (non-hydrogen) atoms. The molecule has 1 heterocycles. The lowest BCUT2D eigenvalue weighted by molar-refractivity contribution is 0.256. The van der Waals surface area contributed by atoms with E-state index >= 15 is 0 Å². The number of halogens is 1. The number of aromatic nitrogens is 2. The SMILES string of the molecule is Cl.c1ccc(COc2ccccc2OCCCn2ccnc2)cc1. The van der Waals surface area contributed by atoms with Crippen molar-refractivity contribution in [3.05, 3.63) is 78.9 Å². The lowest BCUT2D eigenvalue weighted by Gasteiger charge is -2.13. The van der Waals surface area contributed by atoms with Gasteiger partial charge < -0.3 is 14.0 Å². The van der Waals surface area contributed by atoms with E-state index in [2.05, 4.69) is 17.1 Å². The minimum Gasteiger partial charge on any atom is -0.490 e. The number of hydrogen-bond acceptors (Lipinski definition) is 3. The number of ether oxygens (including phenoxy) is 2. The maximum atomic E-state index is 5.89. The molecule has 0 aliphatic heterocycles. The molecule has 0 unspecified atom stereocenters. The zero-order valence-corrected chi connectivity index (χ0v) is 14.2. The Hall–Kier alpha value is -2.46. The monoisotopic (exact) mass is 344 g/mol. The lowest BCUT2D eigenvalue weighted by atomic mass is 10.2. The predicted molar refractivity (Wildman–Crippen MR) is 96.8 cm³/mol. The first-order valence-electron chi connectivity index (χ1n) is 7.76. The van der Waals surface area contributed by atoms with Gasteiger partial charge in [-0.1, -0.05) is 42.5 Å². The van der Waals surface area contributed by atoms with E-state index in [4.69, 9.17) is 9.47 Å². The number of aryl methyl sites for hydroxylation is 1. The fourth-order valence-corrected chi connectivity index (χ4v) is 2.27. The Bertz CT molecular complexity index is 702. The predicted octanol–water partition coefficient (Wildman–Crippen LogP) is 4.35. The van der Waals surface area contributed by atoms with Gasteiger partial charge in [0.1, 0.15) is 6.61 Å². The fourth-order valence-electron chi connectivity index (χ4n) is 2.27. The summed E-state index contributed by atoms with van der Waals surface area (Å²) < 4.78 is 13.8. The molecular weight excluding hydrogens is 324 g/mol. The maximum Gasteiger partial charge on any atom is 0.161 e. The molecule has 4 nitrogen and oxygen atoms in total. The van der Waals surface area contributed by atoms with E-state index < -0.39 is 0 Å². The van der Waals surface area contributed by atoms with Crippen molar-refractivity contribution < 1.29 is 9.47 Å². The summed E-state index contributed by atoms with van der Waals surface area (Å²) in [7, 11) is 0. The molecule has 3 aromatic rings. The molecule has 0 N–H and O–H groups in total. The van der Waals surface area contributed by atoms with Crippen molar-refractivity contribution >= 4 is 12.4 Å². The largest absolute Gasteiger partial charge is 0.490 e. The molecule has 0 bridgehead atoms. The first kappa shape index (κ1) is 17.9. The van der Waals surface area contributed by atoms with Crippen molar-refractivity contribution in [2.75, 3.05) is 6.61 Å². The average molecular weight is 345 g/mol. The molecule has 126 valence electrons. The van der Waals surface area contributed by atoms with Crippen molar-refractivity contribution in [3.63, 3.8) is 0 Å². The van der Waals surface area contributed by atoms with E-state index in [9.17, 15) is 0 Å². The summed E-state index contributed by atoms with van der Waals surface area (Å²) in [5, 5.41) is 0. The molecule has 5 heteroatoms. The summed E-state index contributed by atoms with van der Waals surface area (Å²) in [6.45, 7) is 2.08. The van der Waals surface area contributed by atoms with Gasteiger partial charge in [-0.05, 0) is 24.1 Å². The highest BCUT2D eigenvalue weighted by Gasteiger charge is 2.04. The molecule has 3 rings (SSSR count). The van der Waals surface area contributed by atoms with Crippen LogP contribution in [0.15, 0.2) is 73.3 Å². The van der Waals surface area contributed by atoms with Gasteiger partial charge in [-0.25, -0.2) is 4.98 Å². The van der Waals surface area contributed by atoms with Crippen LogP contribution in [0.3, 0.4) is 0 Å². The Kier molecular flexibility index (Phi) is 7.18. The molecule has 0 spiro atoms. The minimum atomic E-state index is 0. The molecule has 0 saturated heterocycles. The number of para-hydroxylation sites is 2. The molecule has 1 aromatic heterocycles. The third-order valence-corrected chi connectivity index (χ3v) is 3.46. The number of imidazole rings is 1. The van der Waals surface area contributed by atoms with Gasteiger partial charge in [-0.15, -0.1) is 12.4 Å². The molecule has 0 atom stereocenters. The normalized spacial score (nSPS) is 10.0. The van der Waals surface area contributed by atoms with E-state index in [1.54, 1.807) is 6.20 Å². The van der Waals surface area contributed by atoms with Crippen LogP contribution in [0, 0.1) is 0 Å². The van der Waals surface area contributed by atoms with E-state index in [1.807, 2.05) is 59.6 Å². The van der Waals surface area contributed by atoms with Crippen LogP contribution in [0.4, 0.5) is 0 Å². The van der Waals surface area contributed by atoms with Gasteiger partial charge in [0.05, 0.1) is 12.9 Å². The Labute approximate surface area is 148 Å². The third kappa shape index (κ3) is 5.32. The highest BCUT2D eigenvalue weighted by molar-refractivity contribution is 5.85. The summed E-state index contributed by atoms with van der Waals surface area (Å²) in [5.74, 6) is 1.56. The highest BCUT2D eigenvalue weighted by Crippen LogP contribution is 2.27. The quantitative estimate of drug-likeness (QED) is 0.570. The highest BCUT2D eigenvalue weighted by atomic mass is 35.5. The van der Waals surface area contributed by atoms with Crippen LogP contribution in [-0.4, -0.2) is 16.2 Å². The molecule has 0 aliphatic carbocycles. The van der Waals surface area contributed by atoms with Crippen LogP contribution < -0.4 is 9.47 Å². The summed E-state index contributed by atoms with van der Waals surface area (Å²) in [4.78, 5) is 4.03. The van der Waals surface area contributed by atoms with Gasteiger partial charge in [0.2, 0.25) is 0 Å². The molecule has 0 amide bonds. The molecule has 0 radical (unpaired) electrons. The van der Waals surface area contributed by atoms with E-state index in [-0.39, 0.29) is 12.4 Å². The number of benzene rings is 2. The number of nitrogens with zero attached hydrogens (tertiary/aromatic N) is 2. The molecule has 2 aromatic carbocycles. The van der Waals surface area contributed by atoms with Crippen molar-refractivity contribution in [1.29, 1.82) is 0 Å². The van der Waals surface area contributed by atoms with E-state index in [1.165, 1.54) is 0 Å². The first-order valence-corrected chi connectivity index (χ1v) is 7.76. The van der Waals surface area contributed by atoms with Gasteiger partial charge in [0, 0.05) is 18.9 Å². The molecule has 0 saturated carbocycles. The summed E-state index contributed by atoms with van der Waals surface area (Å²) in [6.07, 6.45) is 6.48. The van der Waals surface area contributed by atoms with Crippen LogP contribution in [0.5, 0.6) is 11.5 Å². The summed E-state index contributed by atoms with van der Waals surface area (Å²) in [5.41, 5.74) is 1.14. The molecule has 0 fully saturated rings. The van der Waals surface area contributed by atoms with E-state index in [0.717, 1.165) is 30.0 Å². The van der Waals surface area contributed by atoms with E-state index in [0.29, 0.717) is 13.2 Å².